The molecule has 312 valence electrons. The predicted molar refractivity (Wildman–Crippen MR) is 215 cm³/mol. The standard InChI is InChI=1S/C42H54N6O9S/c1-2-29-26-42(29)39(51)46-58(54,55)36-22-12-10-19-32(36)43-23-13-5-3-4-6-20-33(44-40(52)56-30-17-8-9-18-30)38(50)48-27-31(25-35(48)37(49)45-42)57-41(53)47-24-14-16-28-15-7-11-21-34(28)47/h2,7,10-12,15,19,21-22,29-31,33,35,43H,1,3-6,8-9,13-14,16-18,20,23-27H2,(H,44,52)(H,45,49)(H,46,51)/t29-,31-,33+,35+,42-/m1/s1. The molecule has 1 saturated heterocycles. The lowest BCUT2D eigenvalue weighted by Crippen LogP contribution is -2.58. The quantitative estimate of drug-likeness (QED) is 0.308. The third-order valence-corrected chi connectivity index (χ3v) is 13.4. The second kappa shape index (κ2) is 17.8. The molecule has 7 rings (SSSR count). The first-order valence-corrected chi connectivity index (χ1v) is 22.2. The second-order valence-electron chi connectivity index (χ2n) is 16.1. The average Bonchev–Trinajstić information content (AvgIpc) is 3.46. The third kappa shape index (κ3) is 9.11. The monoisotopic (exact) mass is 818 g/mol. The van der Waals surface area contributed by atoms with Crippen LogP contribution in [0.2, 0.25) is 0 Å². The molecule has 15 nitrogen and oxygen atoms in total. The highest BCUT2D eigenvalue weighted by atomic mass is 32.2. The molecule has 0 bridgehead atoms. The number of amides is 5. The number of carbonyl (C=O) groups excluding carboxylic acids is 5. The Balaban J connectivity index is 1.17. The van der Waals surface area contributed by atoms with Gasteiger partial charge in [-0.3, -0.25) is 19.3 Å². The number of hydrogen-bond acceptors (Lipinski definition) is 10. The SMILES string of the molecule is C=C[C@@H]1C[C@@]12NC(=O)[C@@H]1C[C@@H](OC(=O)N3CCCc4ccccc43)CN1C(=O)[C@@H](NC(=O)OC1CCCC1)CCCCCCCNc1ccccc1S(=O)(=O)NC2=O. The van der Waals surface area contributed by atoms with E-state index in [0.717, 1.165) is 75.5 Å². The Hall–Kier alpha value is -5.12. The van der Waals surface area contributed by atoms with E-state index in [1.54, 1.807) is 23.1 Å². The summed E-state index contributed by atoms with van der Waals surface area (Å²) >= 11 is 0. The third-order valence-electron chi connectivity index (χ3n) is 12.1. The lowest BCUT2D eigenvalue weighted by Gasteiger charge is -2.30. The molecule has 0 aromatic heterocycles. The number of alkyl carbamates (subject to hydrolysis) is 1. The van der Waals surface area contributed by atoms with Crippen LogP contribution in [0.5, 0.6) is 0 Å². The predicted octanol–water partition coefficient (Wildman–Crippen LogP) is 4.91. The number of anilines is 2. The number of benzene rings is 2. The molecule has 0 radical (unpaired) electrons. The highest BCUT2D eigenvalue weighted by Crippen LogP contribution is 2.45. The van der Waals surface area contributed by atoms with E-state index < -0.39 is 69.6 Å². The van der Waals surface area contributed by atoms with Gasteiger partial charge in [-0.1, -0.05) is 62.1 Å². The number of para-hydroxylation sites is 2. The molecule has 3 aliphatic heterocycles. The summed E-state index contributed by atoms with van der Waals surface area (Å²) in [5, 5.41) is 8.77. The van der Waals surface area contributed by atoms with Crippen LogP contribution in [0.4, 0.5) is 21.0 Å². The minimum Gasteiger partial charge on any atom is -0.446 e. The fourth-order valence-electron chi connectivity index (χ4n) is 8.77. The molecule has 1 spiro atoms. The Labute approximate surface area is 339 Å². The highest BCUT2D eigenvalue weighted by molar-refractivity contribution is 7.90. The van der Waals surface area contributed by atoms with Crippen LogP contribution in [0, 0.1) is 5.92 Å². The van der Waals surface area contributed by atoms with E-state index in [2.05, 4.69) is 27.3 Å². The molecule has 5 aliphatic rings. The molecular formula is C42H54N6O9S. The molecule has 0 unspecified atom stereocenters. The van der Waals surface area contributed by atoms with Gasteiger partial charge in [-0.25, -0.2) is 22.7 Å². The summed E-state index contributed by atoms with van der Waals surface area (Å²) in [6, 6.07) is 11.6. The van der Waals surface area contributed by atoms with E-state index in [4.69, 9.17) is 9.47 Å². The van der Waals surface area contributed by atoms with Crippen molar-refractivity contribution in [3.63, 3.8) is 0 Å². The summed E-state index contributed by atoms with van der Waals surface area (Å²) in [5.74, 6) is -2.81. The van der Waals surface area contributed by atoms with Crippen LogP contribution in [0.3, 0.4) is 0 Å². The van der Waals surface area contributed by atoms with Crippen molar-refractivity contribution < 1.29 is 41.9 Å². The first-order chi connectivity index (χ1) is 28.0. The zero-order chi connectivity index (χ0) is 40.9. The van der Waals surface area contributed by atoms with E-state index in [1.807, 2.05) is 24.3 Å². The minimum atomic E-state index is -4.39. The van der Waals surface area contributed by atoms with Crippen molar-refractivity contribution >= 4 is 51.3 Å². The van der Waals surface area contributed by atoms with Gasteiger partial charge in [0.1, 0.15) is 34.7 Å². The molecule has 2 aliphatic carbocycles. The largest absolute Gasteiger partial charge is 0.446 e. The van der Waals surface area contributed by atoms with Crippen molar-refractivity contribution in [2.24, 2.45) is 5.92 Å². The smallest absolute Gasteiger partial charge is 0.414 e. The zero-order valence-corrected chi connectivity index (χ0v) is 33.6. The summed E-state index contributed by atoms with van der Waals surface area (Å²) in [6.45, 7) is 4.59. The minimum absolute atomic E-state index is 0.0775. The van der Waals surface area contributed by atoms with E-state index in [-0.39, 0.29) is 36.8 Å². The second-order valence-corrected chi connectivity index (χ2v) is 17.7. The number of nitrogens with one attached hydrogen (secondary N) is 4. The molecule has 58 heavy (non-hydrogen) atoms. The number of hydrogen-bond donors (Lipinski definition) is 4. The Morgan fingerprint density at radius 1 is 0.879 bits per heavy atom. The van der Waals surface area contributed by atoms with E-state index in [0.29, 0.717) is 25.2 Å². The van der Waals surface area contributed by atoms with Crippen LogP contribution in [-0.4, -0.2) is 92.7 Å². The van der Waals surface area contributed by atoms with Gasteiger partial charge in [0, 0.05) is 25.4 Å². The lowest BCUT2D eigenvalue weighted by atomic mass is 10.0. The van der Waals surface area contributed by atoms with Gasteiger partial charge in [0.2, 0.25) is 11.8 Å². The molecular weight excluding hydrogens is 765 g/mol. The summed E-state index contributed by atoms with van der Waals surface area (Å²) in [7, 11) is -4.39. The first kappa shape index (κ1) is 41.1. The Kier molecular flexibility index (Phi) is 12.6. The van der Waals surface area contributed by atoms with Crippen molar-refractivity contribution in [3.8, 4) is 0 Å². The van der Waals surface area contributed by atoms with Gasteiger partial charge < -0.3 is 30.3 Å². The van der Waals surface area contributed by atoms with Crippen LogP contribution in [0.1, 0.15) is 89.0 Å². The van der Waals surface area contributed by atoms with Crippen molar-refractivity contribution in [2.75, 3.05) is 29.9 Å². The molecule has 3 heterocycles. The number of sulfonamides is 1. The Bertz CT molecular complexity index is 2000. The van der Waals surface area contributed by atoms with Crippen LogP contribution < -0.4 is 25.6 Å². The van der Waals surface area contributed by atoms with E-state index in [9.17, 15) is 32.4 Å². The Morgan fingerprint density at radius 3 is 2.40 bits per heavy atom. The zero-order valence-electron chi connectivity index (χ0n) is 32.8. The average molecular weight is 819 g/mol. The number of rotatable bonds is 4. The maximum Gasteiger partial charge on any atom is 0.414 e. The van der Waals surface area contributed by atoms with Crippen molar-refractivity contribution in [3.05, 3.63) is 66.7 Å². The maximum atomic E-state index is 14.6. The van der Waals surface area contributed by atoms with Gasteiger partial charge in [0.15, 0.2) is 0 Å². The molecule has 2 aromatic rings. The summed E-state index contributed by atoms with van der Waals surface area (Å²) in [6.07, 6.45) is 7.99. The molecule has 2 aromatic carbocycles. The van der Waals surface area contributed by atoms with Gasteiger partial charge in [-0.15, -0.1) is 6.58 Å². The fraction of sp³-hybridized carbons (Fsp3) is 0.548. The number of nitrogens with zero attached hydrogens (tertiary/aromatic N) is 2. The summed E-state index contributed by atoms with van der Waals surface area (Å²) < 4.78 is 41.4. The van der Waals surface area contributed by atoms with Crippen LogP contribution in [0.25, 0.3) is 0 Å². The van der Waals surface area contributed by atoms with Gasteiger partial charge in [0.25, 0.3) is 15.9 Å². The van der Waals surface area contributed by atoms with Crippen LogP contribution >= 0.6 is 0 Å². The van der Waals surface area contributed by atoms with Crippen molar-refractivity contribution in [1.29, 1.82) is 0 Å². The van der Waals surface area contributed by atoms with Crippen LogP contribution in [0.15, 0.2) is 66.1 Å². The van der Waals surface area contributed by atoms with Gasteiger partial charge in [-0.2, -0.15) is 0 Å². The molecule has 5 atom stereocenters. The summed E-state index contributed by atoms with van der Waals surface area (Å²) in [5.41, 5.74) is 0.430. The lowest BCUT2D eigenvalue weighted by molar-refractivity contribution is -0.141. The first-order valence-electron chi connectivity index (χ1n) is 20.7. The highest BCUT2D eigenvalue weighted by Gasteiger charge is 2.61. The van der Waals surface area contributed by atoms with Gasteiger partial charge in [0.05, 0.1) is 17.9 Å². The van der Waals surface area contributed by atoms with Crippen molar-refractivity contribution in [1.82, 2.24) is 20.3 Å². The topological polar surface area (TPSA) is 193 Å². The van der Waals surface area contributed by atoms with Crippen molar-refractivity contribution in [2.45, 2.75) is 125 Å². The molecule has 4 N–H and O–H groups in total. The van der Waals surface area contributed by atoms with E-state index in [1.165, 1.54) is 17.0 Å². The molecule has 5 amide bonds. The fourth-order valence-corrected chi connectivity index (χ4v) is 10.00. The van der Waals surface area contributed by atoms with Gasteiger partial charge >= 0.3 is 12.2 Å². The number of ether oxygens (including phenoxy) is 2. The molecule has 16 heteroatoms. The van der Waals surface area contributed by atoms with Gasteiger partial charge in [-0.05, 0) is 81.5 Å². The molecule has 2 saturated carbocycles. The number of aryl methyl sites for hydroxylation is 1. The summed E-state index contributed by atoms with van der Waals surface area (Å²) in [4.78, 5) is 72.8. The molecule has 3 fully saturated rings. The van der Waals surface area contributed by atoms with E-state index >= 15 is 0 Å². The van der Waals surface area contributed by atoms with Crippen LogP contribution in [-0.2, 0) is 40.3 Å². The Morgan fingerprint density at radius 2 is 1.60 bits per heavy atom. The maximum absolute atomic E-state index is 14.6. The number of carbonyl (C=O) groups is 5. The number of fused-ring (bicyclic) bond motifs is 3. The normalized spacial score (nSPS) is 28.1.